The molecule has 4 aromatic carbocycles. The van der Waals surface area contributed by atoms with Gasteiger partial charge in [-0.05, 0) is 66.6 Å². The van der Waals surface area contributed by atoms with Gasteiger partial charge in [-0.15, -0.1) is 23.1 Å². The fourth-order valence-electron chi connectivity index (χ4n) is 4.91. The highest BCUT2D eigenvalue weighted by atomic mass is 32.2. The zero-order valence-corrected chi connectivity index (χ0v) is 30.2. The molecule has 1 aromatic heterocycles. The highest BCUT2D eigenvalue weighted by molar-refractivity contribution is 8.00. The third-order valence-corrected chi connectivity index (χ3v) is 9.40. The summed E-state index contributed by atoms with van der Waals surface area (Å²) in [4.78, 5) is 57.6. The van der Waals surface area contributed by atoms with Gasteiger partial charge in [-0.3, -0.25) is 19.2 Å². The van der Waals surface area contributed by atoms with Gasteiger partial charge in [0.15, 0.2) is 16.6 Å². The second-order valence-corrected chi connectivity index (χ2v) is 13.0. The smallest absolute Gasteiger partial charge is 0.311 e. The molecule has 0 bridgehead atoms. The standard InChI is InChI=1S/C39H36N4O7S2/c1-4-50-34(44)23-29-24-51-39(41-29)43-38(47)35(26-12-7-5-8-13-26)52-30-17-11-16-28(22-30)40-37(46)31(42-36(45)27-14-9-6-10-15-27)20-25-18-19-32(48-2)33(21-25)49-3/h5-22,24,35H,4,23H2,1-3H3,(H,40,46)(H,42,45)(H,41,43,47)/b31-20+. The van der Waals surface area contributed by atoms with Crippen LogP contribution < -0.4 is 25.4 Å². The van der Waals surface area contributed by atoms with Crippen LogP contribution in [0.5, 0.6) is 11.5 Å². The Labute approximate surface area is 309 Å². The van der Waals surface area contributed by atoms with Gasteiger partial charge in [0.05, 0.1) is 32.9 Å². The third kappa shape index (κ3) is 10.3. The SMILES string of the molecule is CCOC(=O)Cc1csc(NC(=O)C(Sc2cccc(NC(=O)/C(=C\c3ccc(OC)c(OC)c3)NC(=O)c3ccccc3)c2)c2ccccc2)n1. The Morgan fingerprint density at radius 3 is 2.29 bits per heavy atom. The van der Waals surface area contributed by atoms with E-state index in [0.717, 1.165) is 5.56 Å². The molecule has 1 atom stereocenters. The zero-order chi connectivity index (χ0) is 36.9. The predicted octanol–water partition coefficient (Wildman–Crippen LogP) is 7.15. The minimum absolute atomic E-state index is 0.00792. The van der Waals surface area contributed by atoms with Crippen LogP contribution in [0.1, 0.15) is 39.4 Å². The molecule has 0 spiro atoms. The molecule has 0 saturated carbocycles. The Bertz CT molecular complexity index is 2050. The molecule has 0 aliphatic heterocycles. The van der Waals surface area contributed by atoms with Crippen LogP contribution >= 0.6 is 23.1 Å². The van der Waals surface area contributed by atoms with Gasteiger partial charge < -0.3 is 30.2 Å². The molecule has 0 aliphatic carbocycles. The van der Waals surface area contributed by atoms with Crippen molar-refractivity contribution in [2.45, 2.75) is 23.5 Å². The first-order valence-corrected chi connectivity index (χ1v) is 17.9. The van der Waals surface area contributed by atoms with Gasteiger partial charge in [-0.25, -0.2) is 4.98 Å². The molecule has 3 N–H and O–H groups in total. The number of thiazole rings is 1. The average Bonchev–Trinajstić information content (AvgIpc) is 3.60. The van der Waals surface area contributed by atoms with Crippen molar-refractivity contribution in [3.63, 3.8) is 0 Å². The highest BCUT2D eigenvalue weighted by Gasteiger charge is 2.24. The molecule has 266 valence electrons. The van der Waals surface area contributed by atoms with Crippen molar-refractivity contribution < 1.29 is 33.4 Å². The summed E-state index contributed by atoms with van der Waals surface area (Å²) in [6.07, 6.45) is 1.56. The Morgan fingerprint density at radius 2 is 1.58 bits per heavy atom. The van der Waals surface area contributed by atoms with Gasteiger partial charge >= 0.3 is 5.97 Å². The fourth-order valence-corrected chi connectivity index (χ4v) is 6.71. The van der Waals surface area contributed by atoms with Crippen LogP contribution in [0.4, 0.5) is 10.8 Å². The number of aromatic nitrogens is 1. The summed E-state index contributed by atoms with van der Waals surface area (Å²) < 4.78 is 15.8. The quantitative estimate of drug-likeness (QED) is 0.0580. The molecular weight excluding hydrogens is 701 g/mol. The number of hydrogen-bond acceptors (Lipinski definition) is 10. The Hall–Kier alpha value is -5.92. The number of rotatable bonds is 15. The number of carbonyl (C=O) groups is 4. The van der Waals surface area contributed by atoms with Crippen molar-refractivity contribution in [1.29, 1.82) is 0 Å². The third-order valence-electron chi connectivity index (χ3n) is 7.35. The molecule has 52 heavy (non-hydrogen) atoms. The minimum atomic E-state index is -0.685. The monoisotopic (exact) mass is 736 g/mol. The molecule has 1 heterocycles. The van der Waals surface area contributed by atoms with Crippen LogP contribution in [0.2, 0.25) is 0 Å². The van der Waals surface area contributed by atoms with Gasteiger partial charge in [0.2, 0.25) is 5.91 Å². The van der Waals surface area contributed by atoms with Crippen molar-refractivity contribution in [1.82, 2.24) is 10.3 Å². The molecule has 11 nitrogen and oxygen atoms in total. The second kappa shape index (κ2) is 18.4. The first-order chi connectivity index (χ1) is 25.3. The van der Waals surface area contributed by atoms with Crippen LogP contribution in [0.15, 0.2) is 119 Å². The fraction of sp³-hybridized carbons (Fsp3) is 0.154. The Kier molecular flexibility index (Phi) is 13.2. The number of amides is 3. The van der Waals surface area contributed by atoms with Gasteiger partial charge in [0, 0.05) is 21.5 Å². The highest BCUT2D eigenvalue weighted by Crippen LogP contribution is 2.37. The first-order valence-electron chi connectivity index (χ1n) is 16.1. The topological polar surface area (TPSA) is 145 Å². The number of thioether (sulfide) groups is 1. The number of hydrogen-bond donors (Lipinski definition) is 3. The van der Waals surface area contributed by atoms with E-state index in [-0.39, 0.29) is 24.6 Å². The van der Waals surface area contributed by atoms with E-state index >= 15 is 0 Å². The molecule has 5 rings (SSSR count). The van der Waals surface area contributed by atoms with Crippen LogP contribution in [0.25, 0.3) is 6.08 Å². The molecule has 0 radical (unpaired) electrons. The van der Waals surface area contributed by atoms with E-state index in [9.17, 15) is 19.2 Å². The number of anilines is 2. The summed E-state index contributed by atoms with van der Waals surface area (Å²) in [6, 6.07) is 30.1. The van der Waals surface area contributed by atoms with E-state index in [4.69, 9.17) is 14.2 Å². The van der Waals surface area contributed by atoms with Gasteiger partial charge in [-0.2, -0.15) is 0 Å². The number of nitrogens with zero attached hydrogens (tertiary/aromatic N) is 1. The summed E-state index contributed by atoms with van der Waals surface area (Å²) >= 11 is 2.51. The number of methoxy groups -OCH3 is 2. The summed E-state index contributed by atoms with van der Waals surface area (Å²) in [5.41, 5.74) is 2.66. The Morgan fingerprint density at radius 1 is 0.846 bits per heavy atom. The minimum Gasteiger partial charge on any atom is -0.493 e. The van der Waals surface area contributed by atoms with Crippen molar-refractivity contribution in [3.05, 3.63) is 137 Å². The van der Waals surface area contributed by atoms with E-state index < -0.39 is 23.0 Å². The van der Waals surface area contributed by atoms with Crippen molar-refractivity contribution in [2.24, 2.45) is 0 Å². The van der Waals surface area contributed by atoms with E-state index in [0.29, 0.717) is 44.0 Å². The lowest BCUT2D eigenvalue weighted by Gasteiger charge is -2.17. The molecule has 3 amide bonds. The molecule has 1 unspecified atom stereocenters. The van der Waals surface area contributed by atoms with Crippen LogP contribution in [0, 0.1) is 0 Å². The summed E-state index contributed by atoms with van der Waals surface area (Å²) in [5.74, 6) is -0.762. The molecule has 13 heteroatoms. The average molecular weight is 737 g/mol. The van der Waals surface area contributed by atoms with Gasteiger partial charge in [0.1, 0.15) is 10.9 Å². The lowest BCUT2D eigenvalue weighted by molar-refractivity contribution is -0.142. The number of benzene rings is 4. The number of carbonyl (C=O) groups excluding carboxylic acids is 4. The maximum absolute atomic E-state index is 13.8. The van der Waals surface area contributed by atoms with E-state index in [1.807, 2.05) is 36.4 Å². The van der Waals surface area contributed by atoms with E-state index in [2.05, 4.69) is 20.9 Å². The second-order valence-electron chi connectivity index (χ2n) is 11.0. The summed E-state index contributed by atoms with van der Waals surface area (Å²) in [5, 5.41) is 9.89. The Balaban J connectivity index is 1.36. The first kappa shape index (κ1) is 37.3. The maximum atomic E-state index is 13.8. The summed E-state index contributed by atoms with van der Waals surface area (Å²) in [7, 11) is 3.04. The molecular formula is C39H36N4O7S2. The van der Waals surface area contributed by atoms with E-state index in [1.54, 1.807) is 85.1 Å². The number of nitrogens with one attached hydrogen (secondary N) is 3. The van der Waals surface area contributed by atoms with Gasteiger partial charge in [0.25, 0.3) is 11.8 Å². The lowest BCUT2D eigenvalue weighted by Crippen LogP contribution is -2.30. The zero-order valence-electron chi connectivity index (χ0n) is 28.6. The number of ether oxygens (including phenoxy) is 3. The normalized spacial score (nSPS) is 11.6. The van der Waals surface area contributed by atoms with Crippen LogP contribution in [0.3, 0.4) is 0 Å². The van der Waals surface area contributed by atoms with Crippen molar-refractivity contribution >= 4 is 63.7 Å². The molecule has 0 saturated heterocycles. The maximum Gasteiger partial charge on any atom is 0.311 e. The van der Waals surface area contributed by atoms with Crippen LogP contribution in [-0.2, 0) is 25.5 Å². The van der Waals surface area contributed by atoms with Crippen molar-refractivity contribution in [2.75, 3.05) is 31.5 Å². The summed E-state index contributed by atoms with van der Waals surface area (Å²) in [6.45, 7) is 2.01. The lowest BCUT2D eigenvalue weighted by atomic mass is 10.1. The van der Waals surface area contributed by atoms with Crippen LogP contribution in [-0.4, -0.2) is 49.5 Å². The van der Waals surface area contributed by atoms with E-state index in [1.165, 1.54) is 37.3 Å². The van der Waals surface area contributed by atoms with Crippen molar-refractivity contribution in [3.8, 4) is 11.5 Å². The molecule has 0 fully saturated rings. The molecule has 5 aromatic rings. The number of esters is 1. The molecule has 0 aliphatic rings. The predicted molar refractivity (Wildman–Crippen MR) is 203 cm³/mol. The largest absolute Gasteiger partial charge is 0.493 e. The van der Waals surface area contributed by atoms with Gasteiger partial charge in [-0.1, -0.05) is 60.7 Å².